The molecule has 28 heavy (non-hydrogen) atoms. The van der Waals surface area contributed by atoms with E-state index in [1.54, 1.807) is 13.0 Å². The van der Waals surface area contributed by atoms with E-state index in [1.165, 1.54) is 11.3 Å². The topological polar surface area (TPSA) is 96.0 Å². The number of thiazole rings is 1. The Morgan fingerprint density at radius 2 is 1.64 bits per heavy atom. The van der Waals surface area contributed by atoms with Gasteiger partial charge in [0.15, 0.2) is 5.13 Å². The number of nitrogens with zero attached hydrogens (tertiary/aromatic N) is 2. The lowest BCUT2D eigenvalue weighted by Crippen LogP contribution is -2.47. The number of carbonyl (C=O) groups is 2. The molecule has 0 aliphatic carbocycles. The molecule has 3 N–H and O–H groups in total. The molecule has 140 valence electrons. The molecule has 0 spiro atoms. The van der Waals surface area contributed by atoms with Crippen molar-refractivity contribution in [2.75, 3.05) is 5.32 Å². The molecule has 0 radical (unpaired) electrons. The quantitative estimate of drug-likeness (QED) is 0.465. The first-order valence-electron chi connectivity index (χ1n) is 8.68. The zero-order valence-electron chi connectivity index (χ0n) is 15.0. The van der Waals surface area contributed by atoms with E-state index in [9.17, 15) is 9.59 Å². The Labute approximate surface area is 164 Å². The van der Waals surface area contributed by atoms with E-state index in [0.29, 0.717) is 10.6 Å². The van der Waals surface area contributed by atoms with Crippen molar-refractivity contribution in [3.05, 3.63) is 66.4 Å². The van der Waals surface area contributed by atoms with Crippen molar-refractivity contribution in [1.29, 1.82) is 0 Å². The van der Waals surface area contributed by atoms with Crippen LogP contribution in [0.15, 0.2) is 60.7 Å². The Hall–Kier alpha value is -3.52. The third kappa shape index (κ3) is 3.77. The van der Waals surface area contributed by atoms with Crippen molar-refractivity contribution < 1.29 is 9.59 Å². The minimum Gasteiger partial charge on any atom is -0.350 e. The molecule has 7 nitrogen and oxygen atoms in total. The van der Waals surface area contributed by atoms with Gasteiger partial charge in [-0.3, -0.25) is 20.4 Å². The molecule has 0 bridgehead atoms. The van der Waals surface area contributed by atoms with Crippen LogP contribution < -0.4 is 16.2 Å². The van der Waals surface area contributed by atoms with Crippen LogP contribution in [0.2, 0.25) is 0 Å². The largest absolute Gasteiger partial charge is 0.350 e. The number of para-hydroxylation sites is 2. The van der Waals surface area contributed by atoms with E-state index >= 15 is 0 Å². The van der Waals surface area contributed by atoms with Gasteiger partial charge in [0.2, 0.25) is 0 Å². The van der Waals surface area contributed by atoms with Crippen molar-refractivity contribution in [1.82, 2.24) is 20.8 Å². The standard InChI is InChI=1S/C20H17N5O2S/c1-12(21-20-23-15-8-4-5-9-17(15)28-20)18(26)24-25-19(27)16-11-10-13-6-2-3-7-14(13)22-16/h2-12H,1H3,(H,21,23)(H,24,26)(H,25,27)/t12-/m1/s1. The lowest BCUT2D eigenvalue weighted by atomic mass is 10.2. The van der Waals surface area contributed by atoms with E-state index in [1.807, 2.05) is 54.6 Å². The van der Waals surface area contributed by atoms with Crippen molar-refractivity contribution in [3.8, 4) is 0 Å². The van der Waals surface area contributed by atoms with Crippen molar-refractivity contribution in [2.45, 2.75) is 13.0 Å². The lowest BCUT2D eigenvalue weighted by molar-refractivity contribution is -0.122. The van der Waals surface area contributed by atoms with Gasteiger partial charge in [-0.15, -0.1) is 0 Å². The van der Waals surface area contributed by atoms with Gasteiger partial charge in [0.1, 0.15) is 11.7 Å². The number of pyridine rings is 1. The van der Waals surface area contributed by atoms with Crippen LogP contribution in [-0.4, -0.2) is 27.8 Å². The zero-order chi connectivity index (χ0) is 19.5. The molecule has 0 fully saturated rings. The van der Waals surface area contributed by atoms with Crippen LogP contribution >= 0.6 is 11.3 Å². The SMILES string of the molecule is C[C@@H](Nc1nc2ccccc2s1)C(=O)NNC(=O)c1ccc2ccccc2n1. The molecule has 2 aromatic heterocycles. The fourth-order valence-corrected chi connectivity index (χ4v) is 3.62. The summed E-state index contributed by atoms with van der Waals surface area (Å²) in [5.74, 6) is -0.861. The zero-order valence-corrected chi connectivity index (χ0v) is 15.8. The predicted molar refractivity (Wildman–Crippen MR) is 110 cm³/mol. The van der Waals surface area contributed by atoms with Crippen molar-refractivity contribution in [2.24, 2.45) is 0 Å². The van der Waals surface area contributed by atoms with E-state index < -0.39 is 11.9 Å². The van der Waals surface area contributed by atoms with Crippen LogP contribution in [0.3, 0.4) is 0 Å². The molecule has 0 aliphatic rings. The van der Waals surface area contributed by atoms with E-state index in [0.717, 1.165) is 15.6 Å². The first kappa shape index (κ1) is 17.9. The van der Waals surface area contributed by atoms with E-state index in [4.69, 9.17) is 0 Å². The van der Waals surface area contributed by atoms with Crippen LogP contribution in [0.25, 0.3) is 21.1 Å². The first-order chi connectivity index (χ1) is 13.6. The molecule has 8 heteroatoms. The summed E-state index contributed by atoms with van der Waals surface area (Å²) in [7, 11) is 0. The minimum atomic E-state index is -0.578. The highest BCUT2D eigenvalue weighted by atomic mass is 32.1. The molecule has 4 aromatic rings. The summed E-state index contributed by atoms with van der Waals surface area (Å²) in [6.07, 6.45) is 0. The maximum absolute atomic E-state index is 12.3. The Morgan fingerprint density at radius 1 is 0.893 bits per heavy atom. The van der Waals surface area contributed by atoms with Gasteiger partial charge in [0.25, 0.3) is 11.8 Å². The normalized spacial score (nSPS) is 11.9. The van der Waals surface area contributed by atoms with Crippen LogP contribution in [-0.2, 0) is 4.79 Å². The maximum Gasteiger partial charge on any atom is 0.288 e. The molecule has 0 saturated heterocycles. The van der Waals surface area contributed by atoms with E-state index in [-0.39, 0.29) is 11.6 Å². The number of benzene rings is 2. The second kappa shape index (κ2) is 7.61. The van der Waals surface area contributed by atoms with Crippen LogP contribution in [0.4, 0.5) is 5.13 Å². The number of hydrogen-bond acceptors (Lipinski definition) is 6. The average Bonchev–Trinajstić information content (AvgIpc) is 3.13. The Morgan fingerprint density at radius 3 is 2.46 bits per heavy atom. The lowest BCUT2D eigenvalue weighted by Gasteiger charge is -2.13. The van der Waals surface area contributed by atoms with Crippen LogP contribution in [0.5, 0.6) is 0 Å². The molecule has 2 amide bonds. The first-order valence-corrected chi connectivity index (χ1v) is 9.50. The Kier molecular flexibility index (Phi) is 4.86. The molecular weight excluding hydrogens is 374 g/mol. The van der Waals surface area contributed by atoms with Crippen molar-refractivity contribution in [3.63, 3.8) is 0 Å². The number of aromatic nitrogens is 2. The fraction of sp³-hybridized carbons (Fsp3) is 0.100. The molecule has 1 atom stereocenters. The third-order valence-corrected chi connectivity index (χ3v) is 5.13. The van der Waals surface area contributed by atoms with Gasteiger partial charge in [-0.25, -0.2) is 9.97 Å². The Bertz CT molecular complexity index is 1140. The third-order valence-electron chi connectivity index (χ3n) is 4.16. The minimum absolute atomic E-state index is 0.228. The molecule has 2 aromatic carbocycles. The number of fused-ring (bicyclic) bond motifs is 2. The number of hydrazine groups is 1. The summed E-state index contributed by atoms with van der Waals surface area (Å²) in [5.41, 5.74) is 6.63. The molecule has 4 rings (SSSR count). The summed E-state index contributed by atoms with van der Waals surface area (Å²) in [6, 6.07) is 18.1. The highest BCUT2D eigenvalue weighted by Crippen LogP contribution is 2.25. The fourth-order valence-electron chi connectivity index (χ4n) is 2.67. The smallest absolute Gasteiger partial charge is 0.288 e. The number of amides is 2. The second-order valence-corrected chi connectivity index (χ2v) is 7.22. The molecule has 2 heterocycles. The molecule has 0 aliphatic heterocycles. The van der Waals surface area contributed by atoms with E-state index in [2.05, 4.69) is 26.1 Å². The highest BCUT2D eigenvalue weighted by molar-refractivity contribution is 7.22. The molecule has 0 unspecified atom stereocenters. The Balaban J connectivity index is 1.36. The summed E-state index contributed by atoms with van der Waals surface area (Å²) < 4.78 is 1.04. The van der Waals surface area contributed by atoms with Gasteiger partial charge in [0.05, 0.1) is 15.7 Å². The van der Waals surface area contributed by atoms with Gasteiger partial charge in [-0.2, -0.15) is 0 Å². The van der Waals surface area contributed by atoms with Gasteiger partial charge in [0, 0.05) is 5.39 Å². The van der Waals surface area contributed by atoms with Gasteiger partial charge >= 0.3 is 0 Å². The molecule has 0 saturated carbocycles. The van der Waals surface area contributed by atoms with Gasteiger partial charge < -0.3 is 5.32 Å². The monoisotopic (exact) mass is 391 g/mol. The predicted octanol–water partition coefficient (Wildman–Crippen LogP) is 3.11. The second-order valence-electron chi connectivity index (χ2n) is 6.19. The van der Waals surface area contributed by atoms with Crippen LogP contribution in [0, 0.1) is 0 Å². The number of rotatable bonds is 4. The average molecular weight is 391 g/mol. The van der Waals surface area contributed by atoms with Crippen LogP contribution in [0.1, 0.15) is 17.4 Å². The number of hydrogen-bond donors (Lipinski definition) is 3. The number of anilines is 1. The highest BCUT2D eigenvalue weighted by Gasteiger charge is 2.16. The number of carbonyl (C=O) groups excluding carboxylic acids is 2. The maximum atomic E-state index is 12.3. The van der Waals surface area contributed by atoms with Gasteiger partial charge in [-0.1, -0.05) is 47.7 Å². The summed E-state index contributed by atoms with van der Waals surface area (Å²) in [6.45, 7) is 1.70. The summed E-state index contributed by atoms with van der Waals surface area (Å²) >= 11 is 1.47. The van der Waals surface area contributed by atoms with Crippen molar-refractivity contribution >= 4 is 49.4 Å². The summed E-state index contributed by atoms with van der Waals surface area (Å²) in [4.78, 5) is 33.3. The molecular formula is C20H17N5O2S. The number of nitrogens with one attached hydrogen (secondary N) is 3. The van der Waals surface area contributed by atoms with Gasteiger partial charge in [-0.05, 0) is 31.2 Å². The summed E-state index contributed by atoms with van der Waals surface area (Å²) in [5, 5.41) is 4.63.